The first kappa shape index (κ1) is 27.9. The lowest BCUT2D eigenvalue weighted by molar-refractivity contribution is -0.137. The largest absolute Gasteiger partial charge is 0.481 e. The molecule has 0 unspecified atom stereocenters. The number of anilines is 2. The highest BCUT2D eigenvalue weighted by Gasteiger charge is 2.30. The van der Waals surface area contributed by atoms with Crippen molar-refractivity contribution in [1.82, 2.24) is 24.8 Å². The van der Waals surface area contributed by atoms with E-state index in [-0.39, 0.29) is 24.2 Å². The Balaban J connectivity index is 1.25. The molecule has 1 amide bonds. The summed E-state index contributed by atoms with van der Waals surface area (Å²) in [6.07, 6.45) is 5.22. The molecule has 4 N–H and O–H groups in total. The Hall–Kier alpha value is -2.68. The van der Waals surface area contributed by atoms with Crippen molar-refractivity contribution in [2.75, 3.05) is 42.9 Å². The summed E-state index contributed by atoms with van der Waals surface area (Å²) in [5.41, 5.74) is 8.27. The minimum Gasteiger partial charge on any atom is -0.481 e. The number of carboxylic acids is 1. The predicted octanol–water partition coefficient (Wildman–Crippen LogP) is 3.43. The van der Waals surface area contributed by atoms with Crippen molar-refractivity contribution < 1.29 is 14.7 Å². The Kier molecular flexibility index (Phi) is 8.74. The van der Waals surface area contributed by atoms with Gasteiger partial charge in [0.15, 0.2) is 5.13 Å². The summed E-state index contributed by atoms with van der Waals surface area (Å²) in [7, 11) is 0. The van der Waals surface area contributed by atoms with Crippen molar-refractivity contribution >= 4 is 57.1 Å². The minimum absolute atomic E-state index is 0.000520. The predicted molar refractivity (Wildman–Crippen MR) is 154 cm³/mol. The van der Waals surface area contributed by atoms with E-state index in [0.717, 1.165) is 55.2 Å². The average molecular weight is 591 g/mol. The first-order chi connectivity index (χ1) is 18.8. The summed E-state index contributed by atoms with van der Waals surface area (Å²) in [5.74, 6) is -0.480. The lowest BCUT2D eigenvalue weighted by Gasteiger charge is -2.34. The number of piperazine rings is 1. The molecule has 2 atom stereocenters. The van der Waals surface area contributed by atoms with E-state index in [2.05, 4.69) is 36.9 Å². The maximum atomic E-state index is 13.0. The third-order valence-electron chi connectivity index (χ3n) is 7.17. The lowest BCUT2D eigenvalue weighted by Crippen LogP contribution is -2.47. The van der Waals surface area contributed by atoms with Crippen LogP contribution in [0.4, 0.5) is 10.9 Å². The van der Waals surface area contributed by atoms with E-state index in [4.69, 9.17) is 27.4 Å². The molecule has 0 aliphatic carbocycles. The summed E-state index contributed by atoms with van der Waals surface area (Å²) in [4.78, 5) is 44.9. The van der Waals surface area contributed by atoms with Crippen LogP contribution < -0.4 is 16.0 Å². The van der Waals surface area contributed by atoms with Crippen LogP contribution >= 0.6 is 34.3 Å². The van der Waals surface area contributed by atoms with Crippen molar-refractivity contribution in [1.29, 1.82) is 0 Å². The highest BCUT2D eigenvalue weighted by atomic mass is 35.5. The fourth-order valence-corrected chi connectivity index (χ4v) is 6.75. The Morgan fingerprint density at radius 1 is 1.21 bits per heavy atom. The van der Waals surface area contributed by atoms with Gasteiger partial charge in [0.1, 0.15) is 11.5 Å². The van der Waals surface area contributed by atoms with Crippen molar-refractivity contribution in [2.24, 2.45) is 5.73 Å². The molecule has 0 aromatic carbocycles. The quantitative estimate of drug-likeness (QED) is 0.339. The van der Waals surface area contributed by atoms with Crippen LogP contribution in [-0.4, -0.2) is 86.7 Å². The SMILES string of the molecule is C[C@@H]1CC[C@@H](N)N1Cc1sc(NC(=O)c2cnc(N3CCN(CCC(=O)O)CC3)cn2)nc1-c1csc(Cl)c1. The summed E-state index contributed by atoms with van der Waals surface area (Å²) in [6.45, 7) is 6.31. The number of nitrogens with two attached hydrogens (primary N) is 1. The molecule has 2 aliphatic rings. The Morgan fingerprint density at radius 3 is 2.62 bits per heavy atom. The van der Waals surface area contributed by atoms with E-state index >= 15 is 0 Å². The van der Waals surface area contributed by atoms with Crippen LogP contribution in [0.15, 0.2) is 23.8 Å². The molecule has 0 bridgehead atoms. The third-order valence-corrected chi connectivity index (χ3v) is 9.21. The van der Waals surface area contributed by atoms with Gasteiger partial charge in [0, 0.05) is 61.1 Å². The molecule has 2 saturated heterocycles. The molecule has 11 nitrogen and oxygen atoms in total. The monoisotopic (exact) mass is 590 g/mol. The van der Waals surface area contributed by atoms with Crippen LogP contribution in [-0.2, 0) is 11.3 Å². The van der Waals surface area contributed by atoms with E-state index < -0.39 is 5.97 Å². The van der Waals surface area contributed by atoms with Gasteiger partial charge in [-0.3, -0.25) is 24.7 Å². The number of thiophene rings is 1. The number of aliphatic carboxylic acids is 1. The molecule has 2 fully saturated rings. The number of thiazole rings is 1. The molecule has 3 aromatic rings. The second kappa shape index (κ2) is 12.2. The van der Waals surface area contributed by atoms with E-state index in [1.165, 1.54) is 28.9 Å². The zero-order chi connectivity index (χ0) is 27.5. The fraction of sp³-hybridized carbons (Fsp3) is 0.480. The molecule has 2 aliphatic heterocycles. The number of halogens is 1. The number of likely N-dealkylation sites (tertiary alicyclic amines) is 1. The molecule has 0 spiro atoms. The molecule has 208 valence electrons. The van der Waals surface area contributed by atoms with Gasteiger partial charge in [-0.25, -0.2) is 15.0 Å². The Labute approximate surface area is 239 Å². The third kappa shape index (κ3) is 6.73. The van der Waals surface area contributed by atoms with Gasteiger partial charge in [0.25, 0.3) is 5.91 Å². The second-order valence-electron chi connectivity index (χ2n) is 9.78. The maximum absolute atomic E-state index is 13.0. The van der Waals surface area contributed by atoms with Gasteiger partial charge < -0.3 is 15.7 Å². The molecule has 14 heteroatoms. The average Bonchev–Trinajstić information content (AvgIpc) is 3.62. The first-order valence-electron chi connectivity index (χ1n) is 12.8. The summed E-state index contributed by atoms with van der Waals surface area (Å²) >= 11 is 9.08. The second-order valence-corrected chi connectivity index (χ2v) is 12.4. The summed E-state index contributed by atoms with van der Waals surface area (Å²) < 4.78 is 0.679. The normalized spacial score (nSPS) is 20.4. The molecule has 3 aromatic heterocycles. The topological polar surface area (TPSA) is 141 Å². The van der Waals surface area contributed by atoms with E-state index in [1.54, 1.807) is 6.20 Å². The highest BCUT2D eigenvalue weighted by molar-refractivity contribution is 7.16. The smallest absolute Gasteiger partial charge is 0.304 e. The fourth-order valence-electron chi connectivity index (χ4n) is 4.90. The summed E-state index contributed by atoms with van der Waals surface area (Å²) in [6, 6.07) is 2.26. The van der Waals surface area contributed by atoms with Crippen molar-refractivity contribution in [2.45, 2.75) is 44.9 Å². The number of hydrogen-bond donors (Lipinski definition) is 3. The summed E-state index contributed by atoms with van der Waals surface area (Å²) in [5, 5.41) is 14.2. The number of rotatable bonds is 9. The van der Waals surface area contributed by atoms with Crippen molar-refractivity contribution in [3.63, 3.8) is 0 Å². The lowest BCUT2D eigenvalue weighted by atomic mass is 10.2. The van der Waals surface area contributed by atoms with Crippen LogP contribution in [0.1, 0.15) is 41.6 Å². The van der Waals surface area contributed by atoms with Crippen molar-refractivity contribution in [3.8, 4) is 11.3 Å². The molecule has 0 saturated carbocycles. The van der Waals surface area contributed by atoms with Crippen LogP contribution in [0.5, 0.6) is 0 Å². The number of nitrogens with zero attached hydrogens (tertiary/aromatic N) is 6. The van der Waals surface area contributed by atoms with Gasteiger partial charge in [0.2, 0.25) is 0 Å². The number of carboxylic acid groups (broad SMARTS) is 1. The number of hydrogen-bond acceptors (Lipinski definition) is 11. The number of amides is 1. The van der Waals surface area contributed by atoms with Crippen LogP contribution in [0.3, 0.4) is 0 Å². The Bertz CT molecular complexity index is 1300. The molecular formula is C25H31ClN8O3S2. The molecule has 39 heavy (non-hydrogen) atoms. The molecule has 5 heterocycles. The van der Waals surface area contributed by atoms with Gasteiger partial charge in [-0.1, -0.05) is 22.9 Å². The maximum Gasteiger partial charge on any atom is 0.304 e. The number of aromatic nitrogens is 3. The molecule has 0 radical (unpaired) electrons. The first-order valence-corrected chi connectivity index (χ1v) is 14.9. The number of carbonyl (C=O) groups is 2. The van der Waals surface area contributed by atoms with Gasteiger partial charge in [-0.15, -0.1) is 11.3 Å². The van der Waals surface area contributed by atoms with Crippen LogP contribution in [0, 0.1) is 0 Å². The Morgan fingerprint density at radius 2 is 2.00 bits per heavy atom. The standard InChI is InChI=1S/C25H31ClN8O3S2/c1-15-2-3-20(27)34(15)13-18-23(16-10-19(26)38-14-16)30-25(39-18)31-24(37)17-11-29-21(12-28-17)33-8-6-32(7-9-33)5-4-22(35)36/h10-12,14-15,20H,2-9,13,27H2,1H3,(H,35,36)(H,30,31,37)/t15-,20+/m1/s1. The number of carbonyl (C=O) groups excluding carboxylic acids is 1. The zero-order valence-corrected chi connectivity index (χ0v) is 23.9. The van der Waals surface area contributed by atoms with Gasteiger partial charge >= 0.3 is 5.97 Å². The van der Waals surface area contributed by atoms with E-state index in [9.17, 15) is 9.59 Å². The van der Waals surface area contributed by atoms with Gasteiger partial charge in [-0.05, 0) is 25.8 Å². The van der Waals surface area contributed by atoms with E-state index in [1.807, 2.05) is 11.4 Å². The van der Waals surface area contributed by atoms with Crippen LogP contribution in [0.2, 0.25) is 4.34 Å². The van der Waals surface area contributed by atoms with E-state index in [0.29, 0.717) is 34.4 Å². The zero-order valence-electron chi connectivity index (χ0n) is 21.5. The minimum atomic E-state index is -0.788. The number of nitrogens with one attached hydrogen (secondary N) is 1. The van der Waals surface area contributed by atoms with Gasteiger partial charge in [0.05, 0.1) is 35.0 Å². The molecular weight excluding hydrogens is 560 g/mol. The van der Waals surface area contributed by atoms with Gasteiger partial charge in [-0.2, -0.15) is 0 Å². The van der Waals surface area contributed by atoms with Crippen LogP contribution in [0.25, 0.3) is 11.3 Å². The van der Waals surface area contributed by atoms with Crippen molar-refractivity contribution in [3.05, 3.63) is 38.7 Å². The molecule has 5 rings (SSSR count). The highest BCUT2D eigenvalue weighted by Crippen LogP contribution is 2.37.